The lowest BCUT2D eigenvalue weighted by molar-refractivity contribution is -0.274. The minimum Gasteiger partial charge on any atom is -0.489 e. The van der Waals surface area contributed by atoms with Gasteiger partial charge in [-0.1, -0.05) is 24.3 Å². The summed E-state index contributed by atoms with van der Waals surface area (Å²) in [6, 6.07) is 11.4. The molecule has 0 fully saturated rings. The van der Waals surface area contributed by atoms with Crippen molar-refractivity contribution in [2.45, 2.75) is 13.0 Å². The molecule has 3 N–H and O–H groups in total. The molecule has 0 aromatic heterocycles. The Bertz CT molecular complexity index is 746. The van der Waals surface area contributed by atoms with Crippen LogP contribution in [0.3, 0.4) is 0 Å². The summed E-state index contributed by atoms with van der Waals surface area (Å²) in [6.45, 7) is 0.151. The standard InChI is InChI=1S/C16H14F3N3O3/c17-16(18,19)25-14-7-5-13(6-8-14)24-10-12-4-2-1-3-11(12)9-21-22-15(20)23/h1-9H,10H2,(H3,20,22,23). The predicted octanol–water partition coefficient (Wildman–Crippen LogP) is 3.17. The third-order valence-electron chi connectivity index (χ3n) is 2.89. The zero-order valence-electron chi connectivity index (χ0n) is 12.8. The fourth-order valence-corrected chi connectivity index (χ4v) is 1.86. The van der Waals surface area contributed by atoms with Gasteiger partial charge in [-0.3, -0.25) is 0 Å². The zero-order chi connectivity index (χ0) is 18.3. The van der Waals surface area contributed by atoms with Crippen LogP contribution in [0.1, 0.15) is 11.1 Å². The number of hydrogen-bond acceptors (Lipinski definition) is 4. The molecule has 0 saturated heterocycles. The van der Waals surface area contributed by atoms with Gasteiger partial charge in [-0.15, -0.1) is 13.2 Å². The molecule has 132 valence electrons. The molecule has 0 aliphatic heterocycles. The van der Waals surface area contributed by atoms with Crippen LogP contribution >= 0.6 is 0 Å². The number of nitrogens with one attached hydrogen (secondary N) is 1. The minimum atomic E-state index is -4.74. The molecule has 6 nitrogen and oxygen atoms in total. The van der Waals surface area contributed by atoms with Gasteiger partial charge in [0.25, 0.3) is 0 Å². The average molecular weight is 353 g/mol. The van der Waals surface area contributed by atoms with E-state index in [1.54, 1.807) is 24.3 Å². The first-order chi connectivity index (χ1) is 11.8. The minimum absolute atomic E-state index is 0.151. The summed E-state index contributed by atoms with van der Waals surface area (Å²) in [5.41, 5.74) is 8.44. The highest BCUT2D eigenvalue weighted by Crippen LogP contribution is 2.25. The van der Waals surface area contributed by atoms with Gasteiger partial charge in [0.15, 0.2) is 0 Å². The lowest BCUT2D eigenvalue weighted by atomic mass is 10.1. The molecule has 0 unspecified atom stereocenters. The molecule has 2 aromatic carbocycles. The fraction of sp³-hybridized carbons (Fsp3) is 0.125. The Kier molecular flexibility index (Phi) is 5.83. The second-order valence-electron chi connectivity index (χ2n) is 4.74. The summed E-state index contributed by atoms with van der Waals surface area (Å²) < 4.78 is 45.6. The van der Waals surface area contributed by atoms with Gasteiger partial charge < -0.3 is 15.2 Å². The number of hydrazone groups is 1. The maximum absolute atomic E-state index is 12.1. The predicted molar refractivity (Wildman–Crippen MR) is 84.2 cm³/mol. The number of primary amides is 1. The second-order valence-corrected chi connectivity index (χ2v) is 4.74. The van der Waals surface area contributed by atoms with E-state index < -0.39 is 12.4 Å². The van der Waals surface area contributed by atoms with Crippen molar-refractivity contribution in [1.82, 2.24) is 5.43 Å². The van der Waals surface area contributed by atoms with E-state index in [2.05, 4.69) is 15.3 Å². The SMILES string of the molecule is NC(=O)NN=Cc1ccccc1COc1ccc(OC(F)(F)F)cc1. The van der Waals surface area contributed by atoms with E-state index >= 15 is 0 Å². The third-order valence-corrected chi connectivity index (χ3v) is 2.89. The van der Waals surface area contributed by atoms with Crippen molar-refractivity contribution >= 4 is 12.2 Å². The van der Waals surface area contributed by atoms with Gasteiger partial charge in [0, 0.05) is 5.56 Å². The summed E-state index contributed by atoms with van der Waals surface area (Å²) in [6.07, 6.45) is -3.33. The van der Waals surface area contributed by atoms with Crippen LogP contribution in [0.4, 0.5) is 18.0 Å². The number of nitrogens with two attached hydrogens (primary N) is 1. The molecule has 2 rings (SSSR count). The highest BCUT2D eigenvalue weighted by Gasteiger charge is 2.30. The molecule has 0 saturated carbocycles. The molecule has 25 heavy (non-hydrogen) atoms. The van der Waals surface area contributed by atoms with Gasteiger partial charge in [0.05, 0.1) is 6.21 Å². The number of carbonyl (C=O) groups is 1. The summed E-state index contributed by atoms with van der Waals surface area (Å²) >= 11 is 0. The highest BCUT2D eigenvalue weighted by molar-refractivity contribution is 5.83. The summed E-state index contributed by atoms with van der Waals surface area (Å²) in [7, 11) is 0. The maximum atomic E-state index is 12.1. The van der Waals surface area contributed by atoms with Crippen molar-refractivity contribution in [3.8, 4) is 11.5 Å². The summed E-state index contributed by atoms with van der Waals surface area (Å²) in [4.78, 5) is 10.6. The van der Waals surface area contributed by atoms with Crippen LogP contribution in [0.25, 0.3) is 0 Å². The van der Waals surface area contributed by atoms with E-state index in [1.807, 2.05) is 0 Å². The topological polar surface area (TPSA) is 85.9 Å². The molecule has 0 bridgehead atoms. The molecule has 0 aliphatic carbocycles. The fourth-order valence-electron chi connectivity index (χ4n) is 1.86. The summed E-state index contributed by atoms with van der Waals surface area (Å²) in [5, 5.41) is 3.67. The number of halogens is 3. The number of alkyl halides is 3. The lowest BCUT2D eigenvalue weighted by Gasteiger charge is -2.11. The number of benzene rings is 2. The monoisotopic (exact) mass is 353 g/mol. The number of nitrogens with zero attached hydrogens (tertiary/aromatic N) is 1. The van der Waals surface area contributed by atoms with E-state index in [1.165, 1.54) is 18.3 Å². The van der Waals surface area contributed by atoms with Gasteiger partial charge in [0.1, 0.15) is 18.1 Å². The second kappa shape index (κ2) is 8.04. The van der Waals surface area contributed by atoms with E-state index in [0.717, 1.165) is 17.7 Å². The lowest BCUT2D eigenvalue weighted by Crippen LogP contribution is -2.24. The van der Waals surface area contributed by atoms with Crippen molar-refractivity contribution in [3.05, 3.63) is 59.7 Å². The van der Waals surface area contributed by atoms with Crippen LogP contribution in [-0.4, -0.2) is 18.6 Å². The Morgan fingerprint density at radius 2 is 1.76 bits per heavy atom. The van der Waals surface area contributed by atoms with Crippen molar-refractivity contribution in [1.29, 1.82) is 0 Å². The van der Waals surface area contributed by atoms with Crippen molar-refractivity contribution < 1.29 is 27.4 Å². The number of amides is 2. The van der Waals surface area contributed by atoms with E-state index in [4.69, 9.17) is 10.5 Å². The molecule has 0 atom stereocenters. The first-order valence-corrected chi connectivity index (χ1v) is 6.98. The quantitative estimate of drug-likeness (QED) is 0.618. The molecule has 0 aliphatic rings. The average Bonchev–Trinajstić information content (AvgIpc) is 2.53. The van der Waals surface area contributed by atoms with E-state index in [0.29, 0.717) is 11.3 Å². The Balaban J connectivity index is 1.99. The van der Waals surface area contributed by atoms with Crippen molar-refractivity contribution in [2.24, 2.45) is 10.8 Å². The van der Waals surface area contributed by atoms with Gasteiger partial charge in [-0.05, 0) is 29.8 Å². The molecule has 0 heterocycles. The Labute approximate surface area is 141 Å². The van der Waals surface area contributed by atoms with Crippen LogP contribution in [-0.2, 0) is 6.61 Å². The number of urea groups is 1. The van der Waals surface area contributed by atoms with Crippen molar-refractivity contribution in [2.75, 3.05) is 0 Å². The Morgan fingerprint density at radius 3 is 2.40 bits per heavy atom. The molecule has 2 amide bonds. The molecule has 0 spiro atoms. The number of hydrogen-bond donors (Lipinski definition) is 2. The zero-order valence-corrected chi connectivity index (χ0v) is 12.8. The largest absolute Gasteiger partial charge is 0.573 e. The summed E-state index contributed by atoms with van der Waals surface area (Å²) in [5.74, 6) is 0.0430. The van der Waals surface area contributed by atoms with E-state index in [-0.39, 0.29) is 12.4 Å². The number of ether oxygens (including phenoxy) is 2. The first kappa shape index (κ1) is 18.1. The van der Waals surface area contributed by atoms with Crippen LogP contribution in [0.15, 0.2) is 53.6 Å². The maximum Gasteiger partial charge on any atom is 0.573 e. The van der Waals surface area contributed by atoms with E-state index in [9.17, 15) is 18.0 Å². The highest BCUT2D eigenvalue weighted by atomic mass is 19.4. The van der Waals surface area contributed by atoms with Gasteiger partial charge >= 0.3 is 12.4 Å². The Morgan fingerprint density at radius 1 is 1.12 bits per heavy atom. The number of rotatable bonds is 6. The molecule has 2 aromatic rings. The van der Waals surface area contributed by atoms with Gasteiger partial charge in [-0.25, -0.2) is 10.2 Å². The van der Waals surface area contributed by atoms with Gasteiger partial charge in [-0.2, -0.15) is 5.10 Å². The van der Waals surface area contributed by atoms with Crippen LogP contribution in [0.5, 0.6) is 11.5 Å². The van der Waals surface area contributed by atoms with Crippen molar-refractivity contribution in [3.63, 3.8) is 0 Å². The first-order valence-electron chi connectivity index (χ1n) is 6.98. The molecule has 9 heteroatoms. The third kappa shape index (κ3) is 6.42. The Hall–Kier alpha value is -3.23. The van der Waals surface area contributed by atoms with Gasteiger partial charge in [0.2, 0.25) is 0 Å². The smallest absolute Gasteiger partial charge is 0.489 e. The van der Waals surface area contributed by atoms with Crippen LogP contribution < -0.4 is 20.6 Å². The molecular formula is C16H14F3N3O3. The molecular weight excluding hydrogens is 339 g/mol. The number of carbonyl (C=O) groups excluding carboxylic acids is 1. The van der Waals surface area contributed by atoms with Crippen LogP contribution in [0, 0.1) is 0 Å². The van der Waals surface area contributed by atoms with Crippen LogP contribution in [0.2, 0.25) is 0 Å². The normalized spacial score (nSPS) is 11.3. The molecule has 0 radical (unpaired) electrons.